The second-order valence-electron chi connectivity index (χ2n) is 3.47. The Morgan fingerprint density at radius 2 is 1.93 bits per heavy atom. The van der Waals surface area contributed by atoms with Crippen molar-refractivity contribution < 1.29 is 0 Å². The van der Waals surface area contributed by atoms with Crippen LogP contribution in [0.3, 0.4) is 0 Å². The fourth-order valence-corrected chi connectivity index (χ4v) is 0.972. The molecule has 1 heterocycles. The van der Waals surface area contributed by atoms with Gasteiger partial charge in [-0.3, -0.25) is 0 Å². The molecular formula is C9H17N5. The minimum Gasteiger partial charge on any atom is -0.368 e. The van der Waals surface area contributed by atoms with E-state index in [1.807, 2.05) is 18.9 Å². The maximum Gasteiger partial charge on any atom is 0.230 e. The van der Waals surface area contributed by atoms with Crippen LogP contribution in [0.1, 0.15) is 26.6 Å². The summed E-state index contributed by atoms with van der Waals surface area (Å²) in [7, 11) is 1.94. The molecule has 0 bridgehead atoms. The van der Waals surface area contributed by atoms with E-state index in [4.69, 9.17) is 5.73 Å². The van der Waals surface area contributed by atoms with Crippen molar-refractivity contribution in [3.8, 4) is 0 Å². The van der Waals surface area contributed by atoms with Crippen molar-refractivity contribution in [3.05, 3.63) is 5.82 Å². The largest absolute Gasteiger partial charge is 0.368 e. The van der Waals surface area contributed by atoms with Crippen LogP contribution in [0.5, 0.6) is 0 Å². The van der Waals surface area contributed by atoms with Gasteiger partial charge in [-0.05, 0) is 13.8 Å². The molecule has 0 atom stereocenters. The van der Waals surface area contributed by atoms with E-state index in [1.165, 1.54) is 0 Å². The molecule has 0 aromatic carbocycles. The molecule has 0 radical (unpaired) electrons. The summed E-state index contributed by atoms with van der Waals surface area (Å²) in [6, 6.07) is 0.349. The van der Waals surface area contributed by atoms with Crippen LogP contribution in [0, 0.1) is 0 Å². The molecule has 1 aromatic rings. The van der Waals surface area contributed by atoms with E-state index in [2.05, 4.69) is 28.8 Å². The molecule has 0 saturated carbocycles. The smallest absolute Gasteiger partial charge is 0.230 e. The lowest BCUT2D eigenvalue weighted by molar-refractivity contribution is 0.719. The SMILES string of the molecule is CCc1nc(N)nc(N(C)C(C)C)n1. The topological polar surface area (TPSA) is 67.9 Å². The van der Waals surface area contributed by atoms with E-state index in [-0.39, 0.29) is 0 Å². The number of hydrogen-bond acceptors (Lipinski definition) is 5. The van der Waals surface area contributed by atoms with Gasteiger partial charge < -0.3 is 10.6 Å². The highest BCUT2D eigenvalue weighted by Gasteiger charge is 2.10. The molecule has 0 spiro atoms. The van der Waals surface area contributed by atoms with Crippen molar-refractivity contribution in [1.29, 1.82) is 0 Å². The minimum absolute atomic E-state index is 0.291. The van der Waals surface area contributed by atoms with Gasteiger partial charge in [0.25, 0.3) is 0 Å². The first kappa shape index (κ1) is 10.7. The van der Waals surface area contributed by atoms with Crippen molar-refractivity contribution in [2.45, 2.75) is 33.2 Å². The Bertz CT molecular complexity index is 310. The molecule has 0 fully saturated rings. The average molecular weight is 195 g/mol. The molecule has 0 saturated heterocycles. The normalized spacial score (nSPS) is 10.6. The van der Waals surface area contributed by atoms with Crippen LogP contribution in [0.15, 0.2) is 0 Å². The second kappa shape index (κ2) is 4.21. The van der Waals surface area contributed by atoms with Crippen molar-refractivity contribution in [3.63, 3.8) is 0 Å². The molecule has 5 nitrogen and oxygen atoms in total. The molecular weight excluding hydrogens is 178 g/mol. The zero-order valence-corrected chi connectivity index (χ0v) is 9.15. The summed E-state index contributed by atoms with van der Waals surface area (Å²) in [5.74, 6) is 1.67. The lowest BCUT2D eigenvalue weighted by atomic mass is 10.3. The third-order valence-electron chi connectivity index (χ3n) is 2.09. The molecule has 0 unspecified atom stereocenters. The van der Waals surface area contributed by atoms with Gasteiger partial charge in [0.05, 0.1) is 0 Å². The lowest BCUT2D eigenvalue weighted by Crippen LogP contribution is -2.28. The highest BCUT2D eigenvalue weighted by Crippen LogP contribution is 2.10. The lowest BCUT2D eigenvalue weighted by Gasteiger charge is -2.21. The Hall–Kier alpha value is -1.39. The average Bonchev–Trinajstić information content (AvgIpc) is 2.15. The predicted molar refractivity (Wildman–Crippen MR) is 57.2 cm³/mol. The molecule has 0 aliphatic heterocycles. The van der Waals surface area contributed by atoms with Crippen molar-refractivity contribution in [2.24, 2.45) is 0 Å². The van der Waals surface area contributed by atoms with Gasteiger partial charge in [-0.15, -0.1) is 0 Å². The summed E-state index contributed by atoms with van der Waals surface area (Å²) in [4.78, 5) is 14.4. The number of anilines is 2. The molecule has 1 rings (SSSR count). The number of nitrogen functional groups attached to an aromatic ring is 1. The molecule has 0 amide bonds. The van der Waals surface area contributed by atoms with Crippen molar-refractivity contribution in [1.82, 2.24) is 15.0 Å². The maximum atomic E-state index is 5.58. The fourth-order valence-electron chi connectivity index (χ4n) is 0.972. The predicted octanol–water partition coefficient (Wildman–Crippen LogP) is 0.861. The highest BCUT2D eigenvalue weighted by molar-refractivity contribution is 5.34. The van der Waals surface area contributed by atoms with E-state index < -0.39 is 0 Å². The zero-order valence-electron chi connectivity index (χ0n) is 9.15. The molecule has 14 heavy (non-hydrogen) atoms. The Kier molecular flexibility index (Phi) is 3.22. The highest BCUT2D eigenvalue weighted by atomic mass is 15.3. The van der Waals surface area contributed by atoms with Gasteiger partial charge in [0.1, 0.15) is 5.82 Å². The summed E-state index contributed by atoms with van der Waals surface area (Å²) < 4.78 is 0. The van der Waals surface area contributed by atoms with Gasteiger partial charge in [0.15, 0.2) is 0 Å². The van der Waals surface area contributed by atoms with Crippen LogP contribution in [-0.2, 0) is 6.42 Å². The zero-order chi connectivity index (χ0) is 10.7. The number of aryl methyl sites for hydroxylation is 1. The van der Waals surface area contributed by atoms with Crippen LogP contribution < -0.4 is 10.6 Å². The third-order valence-corrected chi connectivity index (χ3v) is 2.09. The van der Waals surface area contributed by atoms with Gasteiger partial charge in [0.2, 0.25) is 11.9 Å². The monoisotopic (exact) mass is 195 g/mol. The fraction of sp³-hybridized carbons (Fsp3) is 0.667. The molecule has 5 heteroatoms. The standard InChI is InChI=1S/C9H17N5/c1-5-7-11-8(10)13-9(12-7)14(4)6(2)3/h6H,5H2,1-4H3,(H2,10,11,12,13). The quantitative estimate of drug-likeness (QED) is 0.774. The molecule has 2 N–H and O–H groups in total. The number of aromatic nitrogens is 3. The Labute approximate surface area is 84.4 Å². The van der Waals surface area contributed by atoms with Gasteiger partial charge in [-0.1, -0.05) is 6.92 Å². The maximum absolute atomic E-state index is 5.58. The van der Waals surface area contributed by atoms with Crippen molar-refractivity contribution >= 4 is 11.9 Å². The molecule has 0 aliphatic carbocycles. The first-order valence-electron chi connectivity index (χ1n) is 4.77. The number of hydrogen-bond donors (Lipinski definition) is 1. The van der Waals surface area contributed by atoms with Gasteiger partial charge in [-0.2, -0.15) is 15.0 Å². The molecule has 78 valence electrons. The van der Waals surface area contributed by atoms with Crippen LogP contribution in [0.2, 0.25) is 0 Å². The summed E-state index contributed by atoms with van der Waals surface area (Å²) in [6.45, 7) is 6.14. The molecule has 1 aromatic heterocycles. The summed E-state index contributed by atoms with van der Waals surface area (Å²) in [5, 5.41) is 0. The van der Waals surface area contributed by atoms with Crippen LogP contribution in [0.25, 0.3) is 0 Å². The van der Waals surface area contributed by atoms with E-state index in [0.717, 1.165) is 12.2 Å². The van der Waals surface area contributed by atoms with E-state index in [9.17, 15) is 0 Å². The van der Waals surface area contributed by atoms with E-state index >= 15 is 0 Å². The first-order chi connectivity index (χ1) is 6.54. The number of nitrogens with zero attached hydrogens (tertiary/aromatic N) is 4. The van der Waals surface area contributed by atoms with Gasteiger partial charge in [0, 0.05) is 19.5 Å². The minimum atomic E-state index is 0.291. The first-order valence-corrected chi connectivity index (χ1v) is 4.77. The van der Waals surface area contributed by atoms with Crippen LogP contribution >= 0.6 is 0 Å². The third kappa shape index (κ3) is 2.31. The number of nitrogens with two attached hydrogens (primary N) is 1. The van der Waals surface area contributed by atoms with Gasteiger partial charge >= 0.3 is 0 Å². The summed E-state index contributed by atoms with van der Waals surface area (Å²) in [6.07, 6.45) is 0.769. The second-order valence-corrected chi connectivity index (χ2v) is 3.47. The number of rotatable bonds is 3. The Morgan fingerprint density at radius 1 is 1.29 bits per heavy atom. The van der Waals surface area contributed by atoms with Crippen LogP contribution in [0.4, 0.5) is 11.9 Å². The van der Waals surface area contributed by atoms with Gasteiger partial charge in [-0.25, -0.2) is 0 Å². The van der Waals surface area contributed by atoms with Crippen molar-refractivity contribution in [2.75, 3.05) is 17.7 Å². The van der Waals surface area contributed by atoms with E-state index in [1.54, 1.807) is 0 Å². The molecule has 0 aliphatic rings. The van der Waals surface area contributed by atoms with Crippen LogP contribution in [-0.4, -0.2) is 28.0 Å². The van der Waals surface area contributed by atoms with E-state index in [0.29, 0.717) is 17.9 Å². The Morgan fingerprint density at radius 3 is 2.43 bits per heavy atom. The Balaban J connectivity index is 3.02. The summed E-state index contributed by atoms with van der Waals surface area (Å²) in [5.41, 5.74) is 5.58. The summed E-state index contributed by atoms with van der Waals surface area (Å²) >= 11 is 0.